The van der Waals surface area contributed by atoms with Gasteiger partial charge in [-0.3, -0.25) is 4.79 Å². The second kappa shape index (κ2) is 3.10. The number of hydrogen-bond acceptors (Lipinski definition) is 1. The number of benzene rings is 1. The molecular weight excluding hydrogens is 284 g/mol. The largest absolute Gasteiger partial charge is 0.360 e. The van der Waals surface area contributed by atoms with E-state index in [0.717, 1.165) is 0 Å². The number of halogens is 2. The summed E-state index contributed by atoms with van der Waals surface area (Å²) in [5, 5.41) is 0.395. The first-order valence-corrected chi connectivity index (χ1v) is 4.73. The van der Waals surface area contributed by atoms with Crippen molar-refractivity contribution in [1.82, 2.24) is 4.98 Å². The Morgan fingerprint density at radius 2 is 2.15 bits per heavy atom. The van der Waals surface area contributed by atoms with E-state index in [1.54, 1.807) is 12.3 Å². The predicted molar refractivity (Wildman–Crippen MR) is 57.2 cm³/mol. The van der Waals surface area contributed by atoms with Crippen molar-refractivity contribution in [2.45, 2.75) is 0 Å². The van der Waals surface area contributed by atoms with E-state index in [-0.39, 0.29) is 11.2 Å². The average molecular weight is 289 g/mol. The summed E-state index contributed by atoms with van der Waals surface area (Å²) in [7, 11) is 0. The predicted octanol–water partition coefficient (Wildman–Crippen LogP) is 2.27. The van der Waals surface area contributed by atoms with Crippen LogP contribution in [-0.2, 0) is 0 Å². The van der Waals surface area contributed by atoms with Gasteiger partial charge in [0.1, 0.15) is 5.82 Å². The lowest BCUT2D eigenvalue weighted by Crippen LogP contribution is -2.06. The third-order valence-electron chi connectivity index (χ3n) is 1.80. The Kier molecular flexibility index (Phi) is 2.07. The van der Waals surface area contributed by atoms with Crippen LogP contribution in [-0.4, -0.2) is 4.98 Å². The Labute approximate surface area is 86.9 Å². The van der Waals surface area contributed by atoms with E-state index in [1.807, 2.05) is 22.6 Å². The standard InChI is InChI=1S/C9H5FINO/c10-5-1-2-8-6(3-5)9(13)7(11)4-12-8/h1-4H,(H,12,13). The Morgan fingerprint density at radius 1 is 1.38 bits per heavy atom. The SMILES string of the molecule is O=c1c(I)c[nH]c2ccc(F)cc12. The van der Waals surface area contributed by atoms with Crippen LogP contribution in [0.25, 0.3) is 10.9 Å². The number of rotatable bonds is 0. The molecule has 0 atom stereocenters. The summed E-state index contributed by atoms with van der Waals surface area (Å²) in [5.74, 6) is -0.389. The van der Waals surface area contributed by atoms with Gasteiger partial charge in [0.2, 0.25) is 5.43 Å². The maximum atomic E-state index is 12.8. The van der Waals surface area contributed by atoms with Crippen molar-refractivity contribution in [3.05, 3.63) is 44.0 Å². The molecule has 0 aliphatic heterocycles. The van der Waals surface area contributed by atoms with Gasteiger partial charge in [0.15, 0.2) is 0 Å². The quantitative estimate of drug-likeness (QED) is 0.741. The number of aromatic nitrogens is 1. The lowest BCUT2D eigenvalue weighted by Gasteiger charge is -1.97. The fourth-order valence-corrected chi connectivity index (χ4v) is 1.61. The molecule has 0 bridgehead atoms. The number of pyridine rings is 1. The van der Waals surface area contributed by atoms with Crippen molar-refractivity contribution in [2.24, 2.45) is 0 Å². The zero-order valence-electron chi connectivity index (χ0n) is 6.47. The van der Waals surface area contributed by atoms with E-state index in [4.69, 9.17) is 0 Å². The molecular formula is C9H5FINO. The van der Waals surface area contributed by atoms with Crippen molar-refractivity contribution >= 4 is 33.5 Å². The number of fused-ring (bicyclic) bond motifs is 1. The number of aromatic amines is 1. The number of nitrogens with one attached hydrogen (secondary N) is 1. The molecule has 2 aromatic rings. The van der Waals surface area contributed by atoms with Crippen molar-refractivity contribution in [3.63, 3.8) is 0 Å². The van der Waals surface area contributed by atoms with Crippen LogP contribution in [0.15, 0.2) is 29.2 Å². The molecule has 0 fully saturated rings. The zero-order chi connectivity index (χ0) is 9.42. The average Bonchev–Trinajstić information content (AvgIpc) is 2.12. The second-order valence-electron chi connectivity index (χ2n) is 2.66. The van der Waals surface area contributed by atoms with Crippen molar-refractivity contribution in [1.29, 1.82) is 0 Å². The van der Waals surface area contributed by atoms with Gasteiger partial charge in [0.25, 0.3) is 0 Å². The van der Waals surface area contributed by atoms with E-state index < -0.39 is 0 Å². The summed E-state index contributed by atoms with van der Waals surface area (Å²) < 4.78 is 13.4. The van der Waals surface area contributed by atoms with Gasteiger partial charge in [-0.1, -0.05) is 0 Å². The molecule has 1 heterocycles. The summed E-state index contributed by atoms with van der Waals surface area (Å²) >= 11 is 1.92. The lowest BCUT2D eigenvalue weighted by atomic mass is 10.2. The lowest BCUT2D eigenvalue weighted by molar-refractivity contribution is 0.629. The molecule has 0 unspecified atom stereocenters. The summed E-state index contributed by atoms with van der Waals surface area (Å²) in [4.78, 5) is 14.4. The molecule has 0 radical (unpaired) electrons. The van der Waals surface area contributed by atoms with Gasteiger partial charge in [-0.15, -0.1) is 0 Å². The van der Waals surface area contributed by atoms with Gasteiger partial charge >= 0.3 is 0 Å². The van der Waals surface area contributed by atoms with E-state index in [1.165, 1.54) is 12.1 Å². The van der Waals surface area contributed by atoms with Crippen LogP contribution in [0.5, 0.6) is 0 Å². The van der Waals surface area contributed by atoms with Gasteiger partial charge in [-0.05, 0) is 40.8 Å². The normalized spacial score (nSPS) is 10.6. The smallest absolute Gasteiger partial charge is 0.202 e. The van der Waals surface area contributed by atoms with Gasteiger partial charge in [-0.25, -0.2) is 4.39 Å². The molecule has 0 aliphatic carbocycles. The molecule has 2 rings (SSSR count). The molecule has 0 amide bonds. The van der Waals surface area contributed by atoms with Crippen LogP contribution in [0.2, 0.25) is 0 Å². The van der Waals surface area contributed by atoms with E-state index >= 15 is 0 Å². The zero-order valence-corrected chi connectivity index (χ0v) is 8.63. The first-order valence-electron chi connectivity index (χ1n) is 3.65. The van der Waals surface area contributed by atoms with Crippen molar-refractivity contribution in [2.75, 3.05) is 0 Å². The fraction of sp³-hybridized carbons (Fsp3) is 0. The Bertz CT molecular complexity index is 515. The van der Waals surface area contributed by atoms with Crippen LogP contribution >= 0.6 is 22.6 Å². The van der Waals surface area contributed by atoms with Crippen LogP contribution in [0, 0.1) is 9.39 Å². The minimum atomic E-state index is -0.389. The van der Waals surface area contributed by atoms with Gasteiger partial charge < -0.3 is 4.98 Å². The maximum absolute atomic E-state index is 12.8. The Balaban J connectivity index is 2.97. The first kappa shape index (κ1) is 8.68. The van der Waals surface area contributed by atoms with E-state index in [9.17, 15) is 9.18 Å². The first-order chi connectivity index (χ1) is 6.18. The van der Waals surface area contributed by atoms with Gasteiger partial charge in [0, 0.05) is 17.1 Å². The van der Waals surface area contributed by atoms with Gasteiger partial charge in [0.05, 0.1) is 3.57 Å². The van der Waals surface area contributed by atoms with E-state index in [2.05, 4.69) is 4.98 Å². The summed E-state index contributed by atoms with van der Waals surface area (Å²) in [5.41, 5.74) is 0.528. The highest BCUT2D eigenvalue weighted by atomic mass is 127. The molecule has 0 saturated carbocycles. The van der Waals surface area contributed by atoms with Crippen molar-refractivity contribution in [3.8, 4) is 0 Å². The highest BCUT2D eigenvalue weighted by Crippen LogP contribution is 2.10. The van der Waals surface area contributed by atoms with Crippen LogP contribution in [0.1, 0.15) is 0 Å². The highest BCUT2D eigenvalue weighted by molar-refractivity contribution is 14.1. The van der Waals surface area contributed by atoms with E-state index in [0.29, 0.717) is 14.5 Å². The second-order valence-corrected chi connectivity index (χ2v) is 3.82. The molecule has 4 heteroatoms. The number of hydrogen-bond donors (Lipinski definition) is 1. The van der Waals surface area contributed by atoms with Crippen LogP contribution in [0.3, 0.4) is 0 Å². The molecule has 0 spiro atoms. The molecule has 2 nitrogen and oxygen atoms in total. The summed E-state index contributed by atoms with van der Waals surface area (Å²) in [6, 6.07) is 4.13. The third-order valence-corrected chi connectivity index (χ3v) is 2.60. The minimum Gasteiger partial charge on any atom is -0.360 e. The monoisotopic (exact) mass is 289 g/mol. The molecule has 66 valence electrons. The molecule has 1 aromatic heterocycles. The third kappa shape index (κ3) is 1.46. The Morgan fingerprint density at radius 3 is 2.92 bits per heavy atom. The molecule has 13 heavy (non-hydrogen) atoms. The minimum absolute atomic E-state index is 0.131. The molecule has 1 N–H and O–H groups in total. The topological polar surface area (TPSA) is 32.9 Å². The fourth-order valence-electron chi connectivity index (χ4n) is 1.17. The summed E-state index contributed by atoms with van der Waals surface area (Å²) in [6.45, 7) is 0. The maximum Gasteiger partial charge on any atom is 0.202 e. The highest BCUT2D eigenvalue weighted by Gasteiger charge is 2.02. The molecule has 0 saturated heterocycles. The van der Waals surface area contributed by atoms with Crippen LogP contribution < -0.4 is 5.43 Å². The number of H-pyrrole nitrogens is 1. The molecule has 1 aromatic carbocycles. The van der Waals surface area contributed by atoms with Crippen molar-refractivity contribution < 1.29 is 4.39 Å². The molecule has 0 aliphatic rings. The Hall–Kier alpha value is -0.910. The van der Waals surface area contributed by atoms with Crippen LogP contribution in [0.4, 0.5) is 4.39 Å². The summed E-state index contributed by atoms with van der Waals surface area (Å²) in [6.07, 6.45) is 1.61. The van der Waals surface area contributed by atoms with Gasteiger partial charge in [-0.2, -0.15) is 0 Å².